The highest BCUT2D eigenvalue weighted by Crippen LogP contribution is 2.41. The standard InChI is InChI=1S/C20H27N3O2/c1-6-9-23-13-15(14(2)22-23)12-21-18-11-20(3,4)25-19-8-7-16(24-5)10-17(18)19/h6-8,10,13,18,21H,1,9,11-12H2,2-5H3. The molecular weight excluding hydrogens is 314 g/mol. The third kappa shape index (κ3) is 3.87. The second-order valence-corrected chi connectivity index (χ2v) is 7.15. The SMILES string of the molecule is C=CCn1cc(CNC2CC(C)(C)Oc3ccc(OC)cc32)c(C)n1. The van der Waals surface area contributed by atoms with Gasteiger partial charge >= 0.3 is 0 Å². The van der Waals surface area contributed by atoms with Crippen LogP contribution in [0, 0.1) is 6.92 Å². The van der Waals surface area contributed by atoms with Crippen LogP contribution in [0.4, 0.5) is 0 Å². The van der Waals surface area contributed by atoms with E-state index in [1.165, 1.54) is 5.56 Å². The summed E-state index contributed by atoms with van der Waals surface area (Å²) in [5, 5.41) is 8.21. The Hall–Kier alpha value is -2.27. The summed E-state index contributed by atoms with van der Waals surface area (Å²) < 4.78 is 13.4. The van der Waals surface area contributed by atoms with Crippen LogP contribution in [-0.4, -0.2) is 22.5 Å². The number of rotatable bonds is 6. The van der Waals surface area contributed by atoms with Gasteiger partial charge in [0.05, 0.1) is 19.3 Å². The van der Waals surface area contributed by atoms with Crippen molar-refractivity contribution in [3.8, 4) is 11.5 Å². The third-order valence-corrected chi connectivity index (χ3v) is 4.58. The van der Waals surface area contributed by atoms with Crippen LogP contribution in [0.15, 0.2) is 37.1 Å². The van der Waals surface area contributed by atoms with Crippen LogP contribution in [0.3, 0.4) is 0 Å². The Kier molecular flexibility index (Phi) is 4.86. The largest absolute Gasteiger partial charge is 0.497 e. The van der Waals surface area contributed by atoms with Crippen LogP contribution in [0.5, 0.6) is 11.5 Å². The van der Waals surface area contributed by atoms with Gasteiger partial charge in [-0.05, 0) is 39.0 Å². The van der Waals surface area contributed by atoms with Gasteiger partial charge in [0.15, 0.2) is 0 Å². The smallest absolute Gasteiger partial charge is 0.125 e. The van der Waals surface area contributed by atoms with Crippen molar-refractivity contribution in [3.05, 3.63) is 53.9 Å². The van der Waals surface area contributed by atoms with E-state index in [1.54, 1.807) is 7.11 Å². The van der Waals surface area contributed by atoms with Crippen LogP contribution in [0.1, 0.15) is 43.1 Å². The van der Waals surface area contributed by atoms with Gasteiger partial charge in [0, 0.05) is 36.3 Å². The summed E-state index contributed by atoms with van der Waals surface area (Å²) in [6.07, 6.45) is 4.83. The maximum absolute atomic E-state index is 6.14. The van der Waals surface area contributed by atoms with Gasteiger partial charge in [-0.15, -0.1) is 6.58 Å². The van der Waals surface area contributed by atoms with Crippen molar-refractivity contribution in [2.45, 2.75) is 51.9 Å². The Morgan fingerprint density at radius 2 is 2.28 bits per heavy atom. The Labute approximate surface area is 149 Å². The van der Waals surface area contributed by atoms with Gasteiger partial charge in [-0.1, -0.05) is 6.08 Å². The van der Waals surface area contributed by atoms with Crippen LogP contribution < -0.4 is 14.8 Å². The van der Waals surface area contributed by atoms with Crippen LogP contribution in [0.25, 0.3) is 0 Å². The van der Waals surface area contributed by atoms with Crippen LogP contribution in [-0.2, 0) is 13.1 Å². The zero-order chi connectivity index (χ0) is 18.0. The third-order valence-electron chi connectivity index (χ3n) is 4.58. The Balaban J connectivity index is 1.81. The lowest BCUT2D eigenvalue weighted by Gasteiger charge is -2.38. The van der Waals surface area contributed by atoms with E-state index < -0.39 is 0 Å². The highest BCUT2D eigenvalue weighted by molar-refractivity contribution is 5.44. The van der Waals surface area contributed by atoms with E-state index in [4.69, 9.17) is 9.47 Å². The first-order valence-electron chi connectivity index (χ1n) is 8.66. The lowest BCUT2D eigenvalue weighted by Crippen LogP contribution is -2.39. The molecule has 2 aromatic rings. The Morgan fingerprint density at radius 3 is 3.00 bits per heavy atom. The second-order valence-electron chi connectivity index (χ2n) is 7.15. The average molecular weight is 341 g/mol. The molecule has 0 spiro atoms. The number of methoxy groups -OCH3 is 1. The molecule has 3 rings (SSSR count). The number of hydrogen-bond donors (Lipinski definition) is 1. The molecule has 2 heterocycles. The minimum absolute atomic E-state index is 0.205. The molecule has 25 heavy (non-hydrogen) atoms. The highest BCUT2D eigenvalue weighted by Gasteiger charge is 2.33. The van der Waals surface area contributed by atoms with Crippen molar-refractivity contribution in [1.82, 2.24) is 15.1 Å². The topological polar surface area (TPSA) is 48.3 Å². The number of benzene rings is 1. The van der Waals surface area contributed by atoms with Crippen molar-refractivity contribution < 1.29 is 9.47 Å². The molecule has 1 aliphatic heterocycles. The van der Waals surface area contributed by atoms with Crippen molar-refractivity contribution in [2.24, 2.45) is 0 Å². The lowest BCUT2D eigenvalue weighted by atomic mass is 9.89. The van der Waals surface area contributed by atoms with Gasteiger partial charge < -0.3 is 14.8 Å². The van der Waals surface area contributed by atoms with Crippen molar-refractivity contribution in [2.75, 3.05) is 7.11 Å². The summed E-state index contributed by atoms with van der Waals surface area (Å²) >= 11 is 0. The van der Waals surface area contributed by atoms with Gasteiger partial charge in [-0.2, -0.15) is 5.10 Å². The molecule has 134 valence electrons. The number of aryl methyl sites for hydroxylation is 1. The molecule has 0 amide bonds. The first-order valence-corrected chi connectivity index (χ1v) is 8.66. The van der Waals surface area contributed by atoms with Gasteiger partial charge in [0.25, 0.3) is 0 Å². The molecule has 0 saturated carbocycles. The fourth-order valence-electron chi connectivity index (χ4n) is 3.33. The molecular formula is C20H27N3O2. The predicted molar refractivity (Wildman–Crippen MR) is 99.1 cm³/mol. The molecule has 1 aliphatic rings. The van der Waals surface area contributed by atoms with E-state index in [1.807, 2.05) is 29.8 Å². The minimum atomic E-state index is -0.207. The van der Waals surface area contributed by atoms with E-state index in [9.17, 15) is 0 Å². The summed E-state index contributed by atoms with van der Waals surface area (Å²) in [6.45, 7) is 11.6. The quantitative estimate of drug-likeness (QED) is 0.813. The fourth-order valence-corrected chi connectivity index (χ4v) is 3.33. The van der Waals surface area contributed by atoms with E-state index in [-0.39, 0.29) is 11.6 Å². The van der Waals surface area contributed by atoms with E-state index in [0.29, 0.717) is 0 Å². The fraction of sp³-hybridized carbons (Fsp3) is 0.450. The molecule has 1 atom stereocenters. The number of nitrogens with zero attached hydrogens (tertiary/aromatic N) is 2. The van der Waals surface area contributed by atoms with Gasteiger partial charge in [-0.25, -0.2) is 0 Å². The second kappa shape index (κ2) is 6.92. The first kappa shape index (κ1) is 17.5. The normalized spacial score (nSPS) is 18.3. The number of aromatic nitrogens is 2. The molecule has 5 nitrogen and oxygen atoms in total. The van der Waals surface area contributed by atoms with Gasteiger partial charge in [-0.3, -0.25) is 4.68 Å². The molecule has 5 heteroatoms. The summed E-state index contributed by atoms with van der Waals surface area (Å²) in [5.41, 5.74) is 3.19. The monoisotopic (exact) mass is 341 g/mol. The lowest BCUT2D eigenvalue weighted by molar-refractivity contribution is 0.0655. The highest BCUT2D eigenvalue weighted by atomic mass is 16.5. The van der Waals surface area contributed by atoms with Crippen molar-refractivity contribution >= 4 is 0 Å². The molecule has 1 aromatic heterocycles. The minimum Gasteiger partial charge on any atom is -0.497 e. The molecule has 0 bridgehead atoms. The molecule has 1 aromatic carbocycles. The molecule has 0 aliphatic carbocycles. The Bertz CT molecular complexity index is 764. The van der Waals surface area contributed by atoms with Crippen LogP contribution in [0.2, 0.25) is 0 Å². The van der Waals surface area contributed by atoms with E-state index in [2.05, 4.69) is 43.1 Å². The first-order chi connectivity index (χ1) is 11.9. The number of allylic oxidation sites excluding steroid dienone is 1. The van der Waals surface area contributed by atoms with E-state index in [0.717, 1.165) is 42.3 Å². The van der Waals surface area contributed by atoms with Gasteiger partial charge in [0.1, 0.15) is 17.1 Å². The number of ether oxygens (including phenoxy) is 2. The van der Waals surface area contributed by atoms with Crippen LogP contribution >= 0.6 is 0 Å². The summed E-state index contributed by atoms with van der Waals surface area (Å²) in [6, 6.07) is 6.21. The molecule has 1 unspecified atom stereocenters. The molecule has 0 radical (unpaired) electrons. The maximum atomic E-state index is 6.14. The van der Waals surface area contributed by atoms with E-state index >= 15 is 0 Å². The molecule has 0 fully saturated rings. The Morgan fingerprint density at radius 1 is 1.48 bits per heavy atom. The molecule has 1 N–H and O–H groups in total. The number of nitrogens with one attached hydrogen (secondary N) is 1. The summed E-state index contributed by atoms with van der Waals surface area (Å²) in [7, 11) is 1.69. The number of fused-ring (bicyclic) bond motifs is 1. The van der Waals surface area contributed by atoms with Crippen molar-refractivity contribution in [3.63, 3.8) is 0 Å². The molecule has 0 saturated heterocycles. The number of hydrogen-bond acceptors (Lipinski definition) is 4. The maximum Gasteiger partial charge on any atom is 0.125 e. The van der Waals surface area contributed by atoms with Gasteiger partial charge in [0.2, 0.25) is 0 Å². The average Bonchev–Trinajstić information content (AvgIpc) is 2.91. The zero-order valence-corrected chi connectivity index (χ0v) is 15.5. The zero-order valence-electron chi connectivity index (χ0n) is 15.5. The predicted octanol–water partition coefficient (Wildman–Crippen LogP) is 3.78. The van der Waals surface area contributed by atoms with Crippen molar-refractivity contribution in [1.29, 1.82) is 0 Å². The summed E-state index contributed by atoms with van der Waals surface area (Å²) in [5.74, 6) is 1.78. The summed E-state index contributed by atoms with van der Waals surface area (Å²) in [4.78, 5) is 0.